The molecule has 0 bridgehead atoms. The zero-order valence-corrected chi connectivity index (χ0v) is 19.2. The molecule has 10 nitrogen and oxygen atoms in total. The molecule has 0 saturated carbocycles. The van der Waals surface area contributed by atoms with Crippen LogP contribution >= 0.6 is 0 Å². The molecule has 0 rings (SSSR count). The maximum absolute atomic E-state index is 10.3. The van der Waals surface area contributed by atoms with E-state index in [1.807, 2.05) is 0 Å². The lowest BCUT2D eigenvalue weighted by molar-refractivity contribution is -0.156. The molecule has 0 radical (unpaired) electrons. The Kier molecular flexibility index (Phi) is 37.3. The fourth-order valence-electron chi connectivity index (χ4n) is 1.21. The van der Waals surface area contributed by atoms with Gasteiger partial charge in [0, 0.05) is 40.9 Å². The van der Waals surface area contributed by atoms with Crippen molar-refractivity contribution >= 4 is 23.9 Å². The Morgan fingerprint density at radius 2 is 1.07 bits per heavy atom. The van der Waals surface area contributed by atoms with Crippen molar-refractivity contribution in [1.29, 1.82) is 0 Å². The van der Waals surface area contributed by atoms with Crippen molar-refractivity contribution in [2.45, 2.75) is 67.2 Å². The van der Waals surface area contributed by atoms with Crippen molar-refractivity contribution in [1.82, 2.24) is 0 Å². The first-order chi connectivity index (χ1) is 14.0. The number of hydrogen-bond donors (Lipinski definition) is 2. The quantitative estimate of drug-likeness (QED) is 0.279. The predicted molar refractivity (Wildman–Crippen MR) is 111 cm³/mol. The monoisotopic (exact) mass is 440 g/mol. The summed E-state index contributed by atoms with van der Waals surface area (Å²) in [4.78, 5) is 38.9. The van der Waals surface area contributed by atoms with Crippen LogP contribution in [-0.2, 0) is 38.1 Å². The van der Waals surface area contributed by atoms with E-state index >= 15 is 0 Å². The number of aliphatic carboxylic acids is 1. The second kappa shape index (κ2) is 31.6. The third-order valence-corrected chi connectivity index (χ3v) is 2.34. The number of esters is 3. The number of rotatable bonds is 11. The van der Waals surface area contributed by atoms with Crippen LogP contribution in [0.25, 0.3) is 0 Å². The van der Waals surface area contributed by atoms with Crippen LogP contribution in [-0.4, -0.2) is 73.7 Å². The molecule has 10 heteroatoms. The van der Waals surface area contributed by atoms with E-state index < -0.39 is 17.9 Å². The Hall–Kier alpha value is -2.04. The van der Waals surface area contributed by atoms with E-state index in [9.17, 15) is 14.4 Å². The molecular formula is C20H40O10. The number of carbonyl (C=O) groups is 4. The van der Waals surface area contributed by atoms with Gasteiger partial charge in [-0.15, -0.1) is 0 Å². The molecule has 0 aromatic heterocycles. The van der Waals surface area contributed by atoms with Crippen molar-refractivity contribution in [2.24, 2.45) is 0 Å². The predicted octanol–water partition coefficient (Wildman–Crippen LogP) is 2.35. The molecule has 0 aliphatic carbocycles. The number of carbonyl (C=O) groups excluding carboxylic acids is 3. The lowest BCUT2D eigenvalue weighted by Crippen LogP contribution is -2.07. The van der Waals surface area contributed by atoms with E-state index in [2.05, 4.69) is 23.3 Å². The number of hydrogen-bond acceptors (Lipinski definition) is 9. The molecular weight excluding hydrogens is 400 g/mol. The van der Waals surface area contributed by atoms with Gasteiger partial charge in [-0.25, -0.2) is 0 Å². The van der Waals surface area contributed by atoms with Crippen molar-refractivity contribution in [3.05, 3.63) is 0 Å². The smallest absolute Gasteiger partial charge is 0.310 e. The highest BCUT2D eigenvalue weighted by Crippen LogP contribution is 1.87. The molecule has 0 atom stereocenters. The molecule has 0 fully saturated rings. The van der Waals surface area contributed by atoms with Crippen LogP contribution in [0.2, 0.25) is 0 Å². The number of ether oxygens (including phenoxy) is 4. The molecule has 0 heterocycles. The van der Waals surface area contributed by atoms with Gasteiger partial charge in [0.25, 0.3) is 5.97 Å². The first kappa shape index (κ1) is 35.4. The number of aliphatic hydroxyl groups is 1. The van der Waals surface area contributed by atoms with Crippen LogP contribution in [0.4, 0.5) is 0 Å². The second-order valence-corrected chi connectivity index (χ2v) is 5.60. The summed E-state index contributed by atoms with van der Waals surface area (Å²) in [6.45, 7) is 12.1. The molecule has 0 aliphatic rings. The molecule has 2 N–H and O–H groups in total. The van der Waals surface area contributed by atoms with Crippen molar-refractivity contribution in [2.75, 3.05) is 39.6 Å². The van der Waals surface area contributed by atoms with Gasteiger partial charge in [0.15, 0.2) is 0 Å². The Balaban J connectivity index is -0.000000159. The van der Waals surface area contributed by atoms with Crippen molar-refractivity contribution < 1.29 is 48.3 Å². The van der Waals surface area contributed by atoms with E-state index in [0.717, 1.165) is 45.8 Å². The van der Waals surface area contributed by atoms with Gasteiger partial charge in [-0.2, -0.15) is 0 Å². The lowest BCUT2D eigenvalue weighted by atomic mass is 10.4. The Morgan fingerprint density at radius 3 is 1.33 bits per heavy atom. The van der Waals surface area contributed by atoms with Gasteiger partial charge in [0.1, 0.15) is 6.61 Å². The van der Waals surface area contributed by atoms with E-state index in [-0.39, 0.29) is 12.6 Å². The summed E-state index contributed by atoms with van der Waals surface area (Å²) in [5.41, 5.74) is 0. The molecule has 0 saturated heterocycles. The summed E-state index contributed by atoms with van der Waals surface area (Å²) in [5, 5.41) is 15.7. The maximum Gasteiger partial charge on any atom is 0.310 e. The van der Waals surface area contributed by atoms with Gasteiger partial charge in [-0.1, -0.05) is 26.7 Å². The van der Waals surface area contributed by atoms with Gasteiger partial charge in [0.05, 0.1) is 19.8 Å². The van der Waals surface area contributed by atoms with Gasteiger partial charge < -0.3 is 29.2 Å². The molecule has 0 unspecified atom stereocenters. The normalized spacial score (nSPS) is 8.77. The zero-order chi connectivity index (χ0) is 24.2. The van der Waals surface area contributed by atoms with Gasteiger partial charge in [0.2, 0.25) is 0 Å². The first-order valence-electron chi connectivity index (χ1n) is 9.83. The molecule has 0 aromatic carbocycles. The summed E-state index contributed by atoms with van der Waals surface area (Å²) in [5.74, 6) is -2.20. The lowest BCUT2D eigenvalue weighted by Gasteiger charge is -2.02. The molecule has 0 spiro atoms. The van der Waals surface area contributed by atoms with Gasteiger partial charge in [-0.3, -0.25) is 19.2 Å². The average Bonchev–Trinajstić information content (AvgIpc) is 2.61. The SMILES string of the molecule is CC(=O)O.CC(=O)OC(C)=O.CCCCOCCO.CCCCOCCOC(C)=O. The number of carboxylic acid groups (broad SMARTS) is 1. The molecule has 0 aromatic rings. The summed E-state index contributed by atoms with van der Waals surface area (Å²) in [6, 6.07) is 0. The minimum atomic E-state index is -0.833. The fraction of sp³-hybridized carbons (Fsp3) is 0.800. The highest BCUT2D eigenvalue weighted by molar-refractivity contribution is 5.82. The minimum absolute atomic E-state index is 0.143. The number of aliphatic hydroxyl groups excluding tert-OH is 1. The maximum atomic E-state index is 10.3. The van der Waals surface area contributed by atoms with E-state index in [0.29, 0.717) is 19.8 Å². The number of carboxylic acids is 1. The van der Waals surface area contributed by atoms with Crippen LogP contribution in [0, 0.1) is 0 Å². The van der Waals surface area contributed by atoms with Gasteiger partial charge in [-0.05, 0) is 12.8 Å². The third kappa shape index (κ3) is 72.3. The summed E-state index contributed by atoms with van der Waals surface area (Å²) >= 11 is 0. The summed E-state index contributed by atoms with van der Waals surface area (Å²) in [6.07, 6.45) is 4.46. The Bertz CT molecular complexity index is 388. The average molecular weight is 441 g/mol. The first-order valence-corrected chi connectivity index (χ1v) is 9.83. The standard InChI is InChI=1S/C8H16O3.C6H14O2.C4H6O3.C2H4O2/c1-3-4-5-10-6-7-11-8(2)9;1-2-3-5-8-6-4-7;1-3(5)7-4(2)6;1-2(3)4/h3-7H2,1-2H3;7H,2-6H2,1H3;1-2H3;1H3,(H,3,4). The highest BCUT2D eigenvalue weighted by Gasteiger charge is 1.93. The Morgan fingerprint density at radius 1 is 0.667 bits per heavy atom. The van der Waals surface area contributed by atoms with E-state index in [1.54, 1.807) is 0 Å². The van der Waals surface area contributed by atoms with Crippen LogP contribution in [0.15, 0.2) is 0 Å². The topological polar surface area (TPSA) is 146 Å². The van der Waals surface area contributed by atoms with Crippen LogP contribution in [0.5, 0.6) is 0 Å². The molecule has 0 aliphatic heterocycles. The van der Waals surface area contributed by atoms with Crippen LogP contribution in [0.1, 0.15) is 67.2 Å². The molecule has 30 heavy (non-hydrogen) atoms. The van der Waals surface area contributed by atoms with E-state index in [4.69, 9.17) is 24.5 Å². The molecule has 0 amide bonds. The summed E-state index contributed by atoms with van der Waals surface area (Å²) < 4.78 is 18.8. The van der Waals surface area contributed by atoms with E-state index in [1.165, 1.54) is 20.8 Å². The third-order valence-electron chi connectivity index (χ3n) is 2.34. The highest BCUT2D eigenvalue weighted by atomic mass is 16.6. The van der Waals surface area contributed by atoms with Crippen LogP contribution < -0.4 is 0 Å². The van der Waals surface area contributed by atoms with Crippen molar-refractivity contribution in [3.8, 4) is 0 Å². The fourth-order valence-corrected chi connectivity index (χ4v) is 1.21. The Labute approximate surface area is 179 Å². The second-order valence-electron chi connectivity index (χ2n) is 5.60. The number of unbranched alkanes of at least 4 members (excludes halogenated alkanes) is 2. The van der Waals surface area contributed by atoms with Crippen molar-refractivity contribution in [3.63, 3.8) is 0 Å². The summed E-state index contributed by atoms with van der Waals surface area (Å²) in [7, 11) is 0. The minimum Gasteiger partial charge on any atom is -0.481 e. The largest absolute Gasteiger partial charge is 0.481 e. The zero-order valence-electron chi connectivity index (χ0n) is 19.2. The molecule has 180 valence electrons. The van der Waals surface area contributed by atoms with Crippen LogP contribution in [0.3, 0.4) is 0 Å². The van der Waals surface area contributed by atoms with Gasteiger partial charge >= 0.3 is 17.9 Å².